The standard InChI is InChI=1S/C12H11F3O2/c1-17-11(16)8-4-6-9-5-2-3-7-10(9)12(13,14)15/h2-5,7-8H,6H2,1H3/b8-4-. The van der Waals surface area contributed by atoms with Crippen LogP contribution in [-0.4, -0.2) is 13.1 Å². The zero-order chi connectivity index (χ0) is 12.9. The lowest BCUT2D eigenvalue weighted by Crippen LogP contribution is -2.08. The molecule has 0 spiro atoms. The Bertz CT molecular complexity index is 422. The zero-order valence-corrected chi connectivity index (χ0v) is 9.12. The van der Waals surface area contributed by atoms with Crippen molar-refractivity contribution in [2.24, 2.45) is 0 Å². The van der Waals surface area contributed by atoms with Crippen molar-refractivity contribution in [2.75, 3.05) is 7.11 Å². The van der Waals surface area contributed by atoms with Gasteiger partial charge in [0, 0.05) is 6.08 Å². The van der Waals surface area contributed by atoms with Crippen molar-refractivity contribution in [3.63, 3.8) is 0 Å². The number of carbonyl (C=O) groups excluding carboxylic acids is 1. The van der Waals surface area contributed by atoms with Gasteiger partial charge in [-0.05, 0) is 18.1 Å². The van der Waals surface area contributed by atoms with Gasteiger partial charge in [-0.2, -0.15) is 13.2 Å². The van der Waals surface area contributed by atoms with E-state index in [1.165, 1.54) is 31.4 Å². The Morgan fingerprint density at radius 3 is 2.59 bits per heavy atom. The number of benzene rings is 1. The van der Waals surface area contributed by atoms with Crippen molar-refractivity contribution < 1.29 is 22.7 Å². The third kappa shape index (κ3) is 3.94. The summed E-state index contributed by atoms with van der Waals surface area (Å²) in [7, 11) is 1.20. The highest BCUT2D eigenvalue weighted by Crippen LogP contribution is 2.32. The minimum atomic E-state index is -4.38. The molecule has 0 aliphatic rings. The Kier molecular flexibility index (Phi) is 4.31. The smallest absolute Gasteiger partial charge is 0.416 e. The van der Waals surface area contributed by atoms with Crippen LogP contribution in [0.1, 0.15) is 11.1 Å². The van der Waals surface area contributed by atoms with Crippen LogP contribution in [0.2, 0.25) is 0 Å². The first kappa shape index (κ1) is 13.3. The molecule has 0 unspecified atom stereocenters. The van der Waals surface area contributed by atoms with Gasteiger partial charge in [0.2, 0.25) is 0 Å². The van der Waals surface area contributed by atoms with Gasteiger partial charge in [0.05, 0.1) is 12.7 Å². The molecule has 0 amide bonds. The van der Waals surface area contributed by atoms with Crippen LogP contribution in [0.4, 0.5) is 13.2 Å². The number of carbonyl (C=O) groups is 1. The van der Waals surface area contributed by atoms with Gasteiger partial charge in [0.1, 0.15) is 0 Å². The molecular weight excluding hydrogens is 233 g/mol. The van der Waals surface area contributed by atoms with Crippen molar-refractivity contribution in [3.05, 3.63) is 47.5 Å². The Labute approximate surface area is 96.7 Å². The Morgan fingerprint density at radius 2 is 2.00 bits per heavy atom. The molecule has 0 fully saturated rings. The first-order chi connectivity index (χ1) is 7.95. The van der Waals surface area contributed by atoms with E-state index in [2.05, 4.69) is 4.74 Å². The van der Waals surface area contributed by atoms with E-state index in [1.54, 1.807) is 0 Å². The third-order valence-corrected chi connectivity index (χ3v) is 2.12. The molecule has 0 aliphatic carbocycles. The first-order valence-electron chi connectivity index (χ1n) is 4.84. The van der Waals surface area contributed by atoms with Crippen LogP contribution in [-0.2, 0) is 22.1 Å². The van der Waals surface area contributed by atoms with Crippen LogP contribution in [0.25, 0.3) is 0 Å². The highest BCUT2D eigenvalue weighted by Gasteiger charge is 2.32. The van der Waals surface area contributed by atoms with Crippen LogP contribution in [0.5, 0.6) is 0 Å². The molecule has 0 aromatic heterocycles. The number of hydrogen-bond donors (Lipinski definition) is 0. The maximum Gasteiger partial charge on any atom is 0.416 e. The van der Waals surface area contributed by atoms with Crippen LogP contribution in [0.15, 0.2) is 36.4 Å². The monoisotopic (exact) mass is 244 g/mol. The lowest BCUT2D eigenvalue weighted by molar-refractivity contribution is -0.138. The molecule has 0 radical (unpaired) electrons. The maximum atomic E-state index is 12.6. The summed E-state index contributed by atoms with van der Waals surface area (Å²) in [5.41, 5.74) is -0.560. The summed E-state index contributed by atoms with van der Waals surface area (Å²) in [5, 5.41) is 0. The molecule has 1 aromatic rings. The maximum absolute atomic E-state index is 12.6. The van der Waals surface area contributed by atoms with Crippen LogP contribution in [0.3, 0.4) is 0 Å². The van der Waals surface area contributed by atoms with Gasteiger partial charge >= 0.3 is 12.1 Å². The summed E-state index contributed by atoms with van der Waals surface area (Å²) in [6.45, 7) is 0. The highest BCUT2D eigenvalue weighted by atomic mass is 19.4. The van der Waals surface area contributed by atoms with Crippen molar-refractivity contribution >= 4 is 5.97 Å². The van der Waals surface area contributed by atoms with E-state index in [4.69, 9.17) is 0 Å². The third-order valence-electron chi connectivity index (χ3n) is 2.12. The van der Waals surface area contributed by atoms with Gasteiger partial charge in [0.25, 0.3) is 0 Å². The van der Waals surface area contributed by atoms with Crippen molar-refractivity contribution in [1.82, 2.24) is 0 Å². The second-order valence-corrected chi connectivity index (χ2v) is 3.28. The second-order valence-electron chi connectivity index (χ2n) is 3.28. The number of allylic oxidation sites excluding steroid dienone is 1. The van der Waals surface area contributed by atoms with Gasteiger partial charge in [-0.3, -0.25) is 0 Å². The normalized spacial score (nSPS) is 11.8. The summed E-state index contributed by atoms with van der Waals surface area (Å²) in [6, 6.07) is 5.25. The van der Waals surface area contributed by atoms with E-state index in [9.17, 15) is 18.0 Å². The molecule has 2 nitrogen and oxygen atoms in total. The minimum absolute atomic E-state index is 0.0325. The van der Waals surface area contributed by atoms with E-state index < -0.39 is 17.7 Å². The van der Waals surface area contributed by atoms with E-state index >= 15 is 0 Å². The summed E-state index contributed by atoms with van der Waals surface area (Å²) in [5.74, 6) is -0.588. The van der Waals surface area contributed by atoms with Crippen molar-refractivity contribution in [1.29, 1.82) is 0 Å². The van der Waals surface area contributed by atoms with Gasteiger partial charge in [-0.25, -0.2) is 4.79 Å². The SMILES string of the molecule is COC(=O)/C=C\Cc1ccccc1C(F)(F)F. The van der Waals surface area contributed by atoms with Crippen LogP contribution < -0.4 is 0 Å². The predicted molar refractivity (Wildman–Crippen MR) is 56.3 cm³/mol. The van der Waals surface area contributed by atoms with Crippen LogP contribution in [0, 0.1) is 0 Å². The molecule has 0 atom stereocenters. The Hall–Kier alpha value is -1.78. The predicted octanol–water partition coefficient (Wildman–Crippen LogP) is 2.98. The van der Waals surface area contributed by atoms with E-state index in [0.29, 0.717) is 0 Å². The van der Waals surface area contributed by atoms with Gasteiger partial charge in [-0.15, -0.1) is 0 Å². The number of rotatable bonds is 3. The molecule has 0 saturated heterocycles. The fourth-order valence-electron chi connectivity index (χ4n) is 1.33. The number of methoxy groups -OCH3 is 1. The number of hydrogen-bond acceptors (Lipinski definition) is 2. The Balaban J connectivity index is 2.85. The number of ether oxygens (including phenoxy) is 1. The lowest BCUT2D eigenvalue weighted by Gasteiger charge is -2.10. The van der Waals surface area contributed by atoms with E-state index in [1.807, 2.05) is 0 Å². The van der Waals surface area contributed by atoms with Crippen molar-refractivity contribution in [3.8, 4) is 0 Å². The van der Waals surface area contributed by atoms with Crippen molar-refractivity contribution in [2.45, 2.75) is 12.6 Å². The molecule has 0 saturated carbocycles. The molecule has 1 aromatic carbocycles. The quantitative estimate of drug-likeness (QED) is 0.603. The van der Waals surface area contributed by atoms with Gasteiger partial charge in [0.15, 0.2) is 0 Å². The average molecular weight is 244 g/mol. The largest absolute Gasteiger partial charge is 0.466 e. The fraction of sp³-hybridized carbons (Fsp3) is 0.250. The molecule has 0 heterocycles. The highest BCUT2D eigenvalue weighted by molar-refractivity contribution is 5.81. The number of halogens is 3. The molecule has 1 rings (SSSR count). The summed E-state index contributed by atoms with van der Waals surface area (Å²) >= 11 is 0. The summed E-state index contributed by atoms with van der Waals surface area (Å²) in [4.78, 5) is 10.8. The molecule has 17 heavy (non-hydrogen) atoms. The fourth-order valence-corrected chi connectivity index (χ4v) is 1.33. The van der Waals surface area contributed by atoms with E-state index in [-0.39, 0.29) is 12.0 Å². The molecule has 0 bridgehead atoms. The molecule has 92 valence electrons. The topological polar surface area (TPSA) is 26.3 Å². The lowest BCUT2D eigenvalue weighted by atomic mass is 10.0. The number of alkyl halides is 3. The minimum Gasteiger partial charge on any atom is -0.466 e. The average Bonchev–Trinajstić information content (AvgIpc) is 2.28. The van der Waals surface area contributed by atoms with Gasteiger partial charge < -0.3 is 4.74 Å². The molecular formula is C12H11F3O2. The Morgan fingerprint density at radius 1 is 1.35 bits per heavy atom. The molecule has 0 aliphatic heterocycles. The first-order valence-corrected chi connectivity index (χ1v) is 4.84. The summed E-state index contributed by atoms with van der Waals surface area (Å²) in [6.07, 6.45) is -1.90. The molecule has 0 N–H and O–H groups in total. The number of esters is 1. The van der Waals surface area contributed by atoms with Crippen LogP contribution >= 0.6 is 0 Å². The second kappa shape index (κ2) is 5.52. The zero-order valence-electron chi connectivity index (χ0n) is 9.12. The molecule has 5 heteroatoms. The van der Waals surface area contributed by atoms with E-state index in [0.717, 1.165) is 12.1 Å². The summed E-state index contributed by atoms with van der Waals surface area (Å²) < 4.78 is 42.1. The van der Waals surface area contributed by atoms with Gasteiger partial charge in [-0.1, -0.05) is 24.3 Å².